The van der Waals surface area contributed by atoms with Gasteiger partial charge in [-0.1, -0.05) is 19.1 Å². The van der Waals surface area contributed by atoms with Crippen LogP contribution in [0.5, 0.6) is 5.75 Å². The quantitative estimate of drug-likeness (QED) is 0.834. The predicted molar refractivity (Wildman–Crippen MR) is 88.7 cm³/mol. The molecule has 0 unspecified atom stereocenters. The number of carbonyl (C=O) groups excluding carboxylic acids is 1. The van der Waals surface area contributed by atoms with E-state index in [0.717, 1.165) is 29.3 Å². The molecule has 0 saturated heterocycles. The smallest absolute Gasteiger partial charge is 0.225 e. The van der Waals surface area contributed by atoms with Crippen molar-refractivity contribution in [2.75, 3.05) is 5.32 Å². The Hall–Kier alpha value is -1.81. The molecule has 2 N–H and O–H groups in total. The van der Waals surface area contributed by atoms with Crippen LogP contribution in [-0.2, 0) is 17.6 Å². The summed E-state index contributed by atoms with van der Waals surface area (Å²) in [5, 5.41) is 13.6. The molecule has 0 saturated carbocycles. The van der Waals surface area contributed by atoms with Crippen molar-refractivity contribution < 1.29 is 9.90 Å². The van der Waals surface area contributed by atoms with Gasteiger partial charge in [0, 0.05) is 17.2 Å². The summed E-state index contributed by atoms with van der Waals surface area (Å²) in [6.45, 7) is 2.30. The van der Waals surface area contributed by atoms with Gasteiger partial charge >= 0.3 is 0 Å². The van der Waals surface area contributed by atoms with E-state index in [2.05, 4.69) is 12.2 Å². The molecule has 2 aromatic rings. The van der Waals surface area contributed by atoms with Gasteiger partial charge in [-0.2, -0.15) is 0 Å². The molecule has 4 rings (SSSR count). The van der Waals surface area contributed by atoms with Crippen LogP contribution >= 0.6 is 11.3 Å². The number of fused-ring (bicyclic) bond motifs is 3. The van der Waals surface area contributed by atoms with Gasteiger partial charge in [0.1, 0.15) is 5.75 Å². The minimum atomic E-state index is 0.0946. The van der Waals surface area contributed by atoms with Crippen LogP contribution in [-0.4, -0.2) is 11.0 Å². The third-order valence-electron chi connectivity index (χ3n) is 4.84. The Morgan fingerprint density at radius 3 is 2.77 bits per heavy atom. The molecule has 22 heavy (non-hydrogen) atoms. The summed E-state index contributed by atoms with van der Waals surface area (Å²) in [5.41, 5.74) is 3.92. The second kappa shape index (κ2) is 5.13. The zero-order valence-electron chi connectivity index (χ0n) is 12.6. The first-order valence-electron chi connectivity index (χ1n) is 7.85. The summed E-state index contributed by atoms with van der Waals surface area (Å²) in [6.07, 6.45) is 3.97. The Bertz CT molecular complexity index is 732. The molecule has 0 fully saturated rings. The maximum Gasteiger partial charge on any atom is 0.225 e. The number of amides is 1. The van der Waals surface area contributed by atoms with Crippen molar-refractivity contribution >= 4 is 22.2 Å². The molecule has 1 amide bonds. The molecule has 2 aliphatic rings. The Morgan fingerprint density at radius 1 is 1.23 bits per heavy atom. The van der Waals surface area contributed by atoms with Gasteiger partial charge in [-0.25, -0.2) is 0 Å². The van der Waals surface area contributed by atoms with Crippen molar-refractivity contribution in [2.24, 2.45) is 5.92 Å². The summed E-state index contributed by atoms with van der Waals surface area (Å²) in [6, 6.07) is 7.31. The first kappa shape index (κ1) is 13.8. The van der Waals surface area contributed by atoms with Crippen LogP contribution in [0.15, 0.2) is 24.3 Å². The second-order valence-corrected chi connectivity index (χ2v) is 7.60. The monoisotopic (exact) mass is 313 g/mol. The fraction of sp³-hybridized carbons (Fsp3) is 0.389. The first-order valence-corrected chi connectivity index (χ1v) is 8.66. The highest BCUT2D eigenvalue weighted by Crippen LogP contribution is 2.48. The van der Waals surface area contributed by atoms with Gasteiger partial charge in [0.2, 0.25) is 5.91 Å². The number of rotatable bonds is 1. The van der Waals surface area contributed by atoms with Crippen LogP contribution in [0.3, 0.4) is 0 Å². The SMILES string of the molecule is C[C@@H]1CCc2c(sc3c2[C@H](c2ccc(O)cc2)CC(=O)N3)C1. The van der Waals surface area contributed by atoms with E-state index in [1.165, 1.54) is 22.4 Å². The van der Waals surface area contributed by atoms with Gasteiger partial charge in [-0.15, -0.1) is 11.3 Å². The van der Waals surface area contributed by atoms with Gasteiger partial charge in [0.15, 0.2) is 0 Å². The van der Waals surface area contributed by atoms with E-state index >= 15 is 0 Å². The van der Waals surface area contributed by atoms with Gasteiger partial charge in [-0.3, -0.25) is 4.79 Å². The molecule has 1 aromatic heterocycles. The number of aromatic hydroxyl groups is 1. The molecule has 2 atom stereocenters. The van der Waals surface area contributed by atoms with Gasteiger partial charge in [0.25, 0.3) is 0 Å². The molecule has 1 aliphatic heterocycles. The highest BCUT2D eigenvalue weighted by atomic mass is 32.1. The zero-order valence-corrected chi connectivity index (χ0v) is 13.4. The molecule has 0 spiro atoms. The van der Waals surface area contributed by atoms with Crippen LogP contribution in [0, 0.1) is 5.92 Å². The van der Waals surface area contributed by atoms with Crippen LogP contribution in [0.4, 0.5) is 5.00 Å². The summed E-state index contributed by atoms with van der Waals surface area (Å²) in [4.78, 5) is 13.6. The van der Waals surface area contributed by atoms with E-state index in [1.807, 2.05) is 12.1 Å². The maximum absolute atomic E-state index is 12.1. The van der Waals surface area contributed by atoms with E-state index in [0.29, 0.717) is 6.42 Å². The topological polar surface area (TPSA) is 49.3 Å². The lowest BCUT2D eigenvalue weighted by molar-refractivity contribution is -0.116. The van der Waals surface area contributed by atoms with Crippen molar-refractivity contribution in [2.45, 2.75) is 38.5 Å². The van der Waals surface area contributed by atoms with Gasteiger partial charge in [-0.05, 0) is 54.0 Å². The van der Waals surface area contributed by atoms with Crippen molar-refractivity contribution in [1.82, 2.24) is 0 Å². The van der Waals surface area contributed by atoms with Gasteiger partial charge in [0.05, 0.1) is 5.00 Å². The highest BCUT2D eigenvalue weighted by Gasteiger charge is 2.34. The lowest BCUT2D eigenvalue weighted by atomic mass is 9.80. The Kier molecular flexibility index (Phi) is 3.22. The largest absolute Gasteiger partial charge is 0.508 e. The highest BCUT2D eigenvalue weighted by molar-refractivity contribution is 7.16. The number of phenolic OH excluding ortho intramolecular Hbond substituents is 1. The lowest BCUT2D eigenvalue weighted by Crippen LogP contribution is -2.23. The van der Waals surface area contributed by atoms with E-state index in [1.54, 1.807) is 23.5 Å². The molecular formula is C18H19NO2S. The Labute approximate surface area is 134 Å². The minimum absolute atomic E-state index is 0.0946. The van der Waals surface area contributed by atoms with Crippen LogP contribution < -0.4 is 5.32 Å². The number of phenols is 1. The van der Waals surface area contributed by atoms with E-state index in [9.17, 15) is 9.90 Å². The number of anilines is 1. The van der Waals surface area contributed by atoms with Crippen molar-refractivity contribution in [3.05, 3.63) is 45.8 Å². The Morgan fingerprint density at radius 2 is 2.00 bits per heavy atom. The predicted octanol–water partition coefficient (Wildman–Crippen LogP) is 4.05. The minimum Gasteiger partial charge on any atom is -0.508 e. The van der Waals surface area contributed by atoms with Crippen molar-refractivity contribution in [3.63, 3.8) is 0 Å². The maximum atomic E-state index is 12.1. The molecule has 0 bridgehead atoms. The average molecular weight is 313 g/mol. The molecular weight excluding hydrogens is 294 g/mol. The van der Waals surface area contributed by atoms with Crippen molar-refractivity contribution in [1.29, 1.82) is 0 Å². The number of nitrogens with one attached hydrogen (secondary N) is 1. The summed E-state index contributed by atoms with van der Waals surface area (Å²) in [7, 11) is 0. The number of benzene rings is 1. The third-order valence-corrected chi connectivity index (χ3v) is 6.02. The molecule has 1 aliphatic carbocycles. The average Bonchev–Trinajstić information content (AvgIpc) is 2.84. The molecule has 0 radical (unpaired) electrons. The fourth-order valence-electron chi connectivity index (χ4n) is 3.69. The van der Waals surface area contributed by atoms with Gasteiger partial charge < -0.3 is 10.4 Å². The summed E-state index contributed by atoms with van der Waals surface area (Å²) < 4.78 is 0. The van der Waals surface area contributed by atoms with E-state index in [4.69, 9.17) is 0 Å². The van der Waals surface area contributed by atoms with Crippen LogP contribution in [0.2, 0.25) is 0 Å². The Balaban J connectivity index is 1.82. The normalized spacial score (nSPS) is 23.6. The standard InChI is InChI=1S/C18H19NO2S/c1-10-2-7-13-15(8-10)22-18-17(13)14(9-16(21)19-18)11-3-5-12(20)6-4-11/h3-6,10,14,20H,2,7-9H2,1H3,(H,19,21)/t10-,14+/m1/s1. The first-order chi connectivity index (χ1) is 10.6. The molecule has 1 aromatic carbocycles. The molecule has 4 heteroatoms. The number of hydrogen-bond acceptors (Lipinski definition) is 3. The lowest BCUT2D eigenvalue weighted by Gasteiger charge is -2.26. The van der Waals surface area contributed by atoms with Crippen molar-refractivity contribution in [3.8, 4) is 5.75 Å². The second-order valence-electron chi connectivity index (χ2n) is 6.49. The van der Waals surface area contributed by atoms with E-state index < -0.39 is 0 Å². The zero-order chi connectivity index (χ0) is 15.3. The molecule has 2 heterocycles. The fourth-order valence-corrected chi connectivity index (χ4v) is 5.18. The number of hydrogen-bond donors (Lipinski definition) is 2. The van der Waals surface area contributed by atoms with Crippen LogP contribution in [0.25, 0.3) is 0 Å². The number of carbonyl (C=O) groups is 1. The summed E-state index contributed by atoms with van der Waals surface area (Å²) >= 11 is 1.77. The summed E-state index contributed by atoms with van der Waals surface area (Å²) in [5.74, 6) is 1.22. The van der Waals surface area contributed by atoms with Crippen LogP contribution in [0.1, 0.15) is 47.3 Å². The molecule has 114 valence electrons. The molecule has 3 nitrogen and oxygen atoms in total. The number of thiophene rings is 1. The third kappa shape index (κ3) is 2.22. The van der Waals surface area contributed by atoms with E-state index in [-0.39, 0.29) is 17.6 Å².